The van der Waals surface area contributed by atoms with Crippen molar-refractivity contribution < 1.29 is 9.60 Å². The maximum absolute atomic E-state index is 11.9. The van der Waals surface area contributed by atoms with Gasteiger partial charge in [0.2, 0.25) is 0 Å². The molecule has 0 aromatic heterocycles. The number of nitrogens with zero attached hydrogens (tertiary/aromatic N) is 3. The molecule has 22 heavy (non-hydrogen) atoms. The average molecular weight is 295 g/mol. The fourth-order valence-corrected chi connectivity index (χ4v) is 2.58. The summed E-state index contributed by atoms with van der Waals surface area (Å²) in [6, 6.07) is 15.4. The monoisotopic (exact) mass is 295 g/mol. The van der Waals surface area contributed by atoms with Crippen LogP contribution in [-0.4, -0.2) is 23.8 Å². The van der Waals surface area contributed by atoms with Crippen LogP contribution in [0, 0.1) is 0 Å². The zero-order valence-corrected chi connectivity index (χ0v) is 12.8. The summed E-state index contributed by atoms with van der Waals surface area (Å²) in [5.74, 6) is -0.126. The van der Waals surface area contributed by atoms with Crippen LogP contribution < -0.4 is 10.3 Å². The van der Waals surface area contributed by atoms with E-state index >= 15 is 0 Å². The Morgan fingerprint density at radius 2 is 1.73 bits per heavy atom. The SMILES string of the molecule is CCN(CC)c1ccc(N=[N+]2NC(=O)c3ccccc32)cc1. The van der Waals surface area contributed by atoms with Gasteiger partial charge in [-0.1, -0.05) is 17.6 Å². The van der Waals surface area contributed by atoms with E-state index in [2.05, 4.69) is 41.4 Å². The number of anilines is 1. The van der Waals surface area contributed by atoms with Crippen molar-refractivity contribution in [2.45, 2.75) is 13.8 Å². The quantitative estimate of drug-likeness (QED) is 0.876. The largest absolute Gasteiger partial charge is 0.372 e. The lowest BCUT2D eigenvalue weighted by Crippen LogP contribution is -2.22. The Morgan fingerprint density at radius 1 is 1.05 bits per heavy atom. The summed E-state index contributed by atoms with van der Waals surface area (Å²) in [7, 11) is 0. The second-order valence-corrected chi connectivity index (χ2v) is 5.06. The van der Waals surface area contributed by atoms with Crippen LogP contribution in [-0.2, 0) is 0 Å². The predicted molar refractivity (Wildman–Crippen MR) is 85.9 cm³/mol. The summed E-state index contributed by atoms with van der Waals surface area (Å²) in [4.78, 5) is 15.7. The fourth-order valence-electron chi connectivity index (χ4n) is 2.58. The van der Waals surface area contributed by atoms with E-state index in [1.54, 1.807) is 6.07 Å². The summed E-state index contributed by atoms with van der Waals surface area (Å²) in [6.07, 6.45) is 0. The number of benzene rings is 2. The molecule has 0 saturated carbocycles. The lowest BCUT2D eigenvalue weighted by molar-refractivity contribution is -0.547. The number of nitrogens with one attached hydrogen (secondary N) is 1. The first-order valence-electron chi connectivity index (χ1n) is 7.49. The van der Waals surface area contributed by atoms with Crippen LogP contribution >= 0.6 is 0 Å². The molecule has 5 nitrogen and oxygen atoms in total. The van der Waals surface area contributed by atoms with Crippen molar-refractivity contribution >= 4 is 23.0 Å². The highest BCUT2D eigenvalue weighted by Crippen LogP contribution is 2.26. The van der Waals surface area contributed by atoms with Crippen LogP contribution in [0.5, 0.6) is 0 Å². The molecule has 0 atom stereocenters. The number of rotatable bonds is 4. The van der Waals surface area contributed by atoms with Crippen molar-refractivity contribution in [2.24, 2.45) is 5.11 Å². The zero-order valence-electron chi connectivity index (χ0n) is 12.8. The van der Waals surface area contributed by atoms with E-state index in [1.165, 1.54) is 10.5 Å². The highest BCUT2D eigenvalue weighted by atomic mass is 16.2. The highest BCUT2D eigenvalue weighted by molar-refractivity contribution is 5.99. The zero-order chi connectivity index (χ0) is 15.5. The van der Waals surface area contributed by atoms with Crippen molar-refractivity contribution in [3.05, 3.63) is 54.1 Å². The number of hydrazine groups is 1. The Morgan fingerprint density at radius 3 is 2.41 bits per heavy atom. The van der Waals surface area contributed by atoms with E-state index in [1.807, 2.05) is 30.3 Å². The molecular formula is C17H19N4O+. The van der Waals surface area contributed by atoms with Crippen LogP contribution in [0.25, 0.3) is 0 Å². The van der Waals surface area contributed by atoms with Crippen LogP contribution in [0.3, 0.4) is 0 Å². The molecule has 0 saturated heterocycles. The van der Waals surface area contributed by atoms with Crippen LogP contribution in [0.2, 0.25) is 0 Å². The van der Waals surface area contributed by atoms with E-state index in [9.17, 15) is 4.79 Å². The number of para-hydroxylation sites is 1. The second kappa shape index (κ2) is 5.97. The van der Waals surface area contributed by atoms with Crippen molar-refractivity contribution in [3.8, 4) is 0 Å². The first-order chi connectivity index (χ1) is 10.7. The maximum Gasteiger partial charge on any atom is 0.314 e. The molecule has 0 radical (unpaired) electrons. The van der Waals surface area contributed by atoms with Crippen LogP contribution in [0.1, 0.15) is 24.2 Å². The minimum Gasteiger partial charge on any atom is -0.372 e. The maximum atomic E-state index is 11.9. The van der Waals surface area contributed by atoms with Gasteiger partial charge in [-0.2, -0.15) is 0 Å². The molecule has 0 aliphatic carbocycles. The molecule has 0 unspecified atom stereocenters. The molecule has 2 aromatic rings. The third kappa shape index (κ3) is 2.57. The summed E-state index contributed by atoms with van der Waals surface area (Å²) in [5.41, 5.74) is 6.14. The van der Waals surface area contributed by atoms with Gasteiger partial charge in [0.25, 0.3) is 5.69 Å². The first kappa shape index (κ1) is 14.3. The third-order valence-electron chi connectivity index (χ3n) is 3.78. The van der Waals surface area contributed by atoms with E-state index < -0.39 is 0 Å². The number of carbonyl (C=O) groups is 1. The Balaban J connectivity index is 1.89. The van der Waals surface area contributed by atoms with E-state index in [-0.39, 0.29) is 5.91 Å². The summed E-state index contributed by atoms with van der Waals surface area (Å²) in [5, 5.41) is 4.48. The van der Waals surface area contributed by atoms with Gasteiger partial charge in [-0.05, 0) is 44.2 Å². The topological polar surface area (TPSA) is 47.7 Å². The standard InChI is InChI=1S/C17H18N4O/c1-3-20(4-2)14-11-9-13(10-12-14)18-21-16-8-6-5-7-15(16)17(22)19-21/h5-12H,3-4H2,1-2H3/p+1. The minimum absolute atomic E-state index is 0.126. The van der Waals surface area contributed by atoms with Gasteiger partial charge in [-0.3, -0.25) is 4.79 Å². The molecule has 1 amide bonds. The average Bonchev–Trinajstić information content (AvgIpc) is 2.87. The van der Waals surface area contributed by atoms with Gasteiger partial charge in [0.1, 0.15) is 11.3 Å². The van der Waals surface area contributed by atoms with E-state index in [0.717, 1.165) is 24.5 Å². The number of hydrogen-bond acceptors (Lipinski definition) is 3. The molecule has 1 heterocycles. The molecule has 0 spiro atoms. The normalized spacial score (nSPS) is 14.8. The molecular weight excluding hydrogens is 276 g/mol. The van der Waals surface area contributed by atoms with Crippen molar-refractivity contribution in [1.82, 2.24) is 5.43 Å². The second-order valence-electron chi connectivity index (χ2n) is 5.06. The smallest absolute Gasteiger partial charge is 0.314 e. The molecule has 1 aliphatic rings. The highest BCUT2D eigenvalue weighted by Gasteiger charge is 2.32. The van der Waals surface area contributed by atoms with Crippen molar-refractivity contribution in [1.29, 1.82) is 0 Å². The van der Waals surface area contributed by atoms with Gasteiger partial charge in [0.15, 0.2) is 0 Å². The summed E-state index contributed by atoms with van der Waals surface area (Å²) >= 11 is 0. The molecule has 5 heteroatoms. The van der Waals surface area contributed by atoms with Gasteiger partial charge >= 0.3 is 5.91 Å². The summed E-state index contributed by atoms with van der Waals surface area (Å²) in [6.45, 7) is 6.22. The fraction of sp³-hybridized carbons (Fsp3) is 0.235. The van der Waals surface area contributed by atoms with E-state index in [4.69, 9.17) is 0 Å². The number of amides is 1. The molecule has 0 fully saturated rings. The molecule has 2 aromatic carbocycles. The molecule has 0 bridgehead atoms. The molecule has 112 valence electrons. The minimum atomic E-state index is -0.126. The molecule has 1 N–H and O–H groups in total. The number of carbonyl (C=O) groups excluding carboxylic acids is 1. The predicted octanol–water partition coefficient (Wildman–Crippen LogP) is 3.62. The number of azo groups is 1. The lowest BCUT2D eigenvalue weighted by atomic mass is 10.2. The van der Waals surface area contributed by atoms with Gasteiger partial charge < -0.3 is 4.90 Å². The Hall–Kier alpha value is -2.69. The number of hydrogen-bond donors (Lipinski definition) is 1. The molecule has 1 aliphatic heterocycles. The first-order valence-corrected chi connectivity index (χ1v) is 7.49. The summed E-state index contributed by atoms with van der Waals surface area (Å²) < 4.78 is 0. The Bertz CT molecular complexity index is 718. The van der Waals surface area contributed by atoms with Gasteiger partial charge in [-0.25, -0.2) is 0 Å². The van der Waals surface area contributed by atoms with Crippen molar-refractivity contribution in [2.75, 3.05) is 18.0 Å². The van der Waals surface area contributed by atoms with Gasteiger partial charge in [-0.15, -0.1) is 0 Å². The lowest BCUT2D eigenvalue weighted by Gasteiger charge is -2.20. The van der Waals surface area contributed by atoms with Gasteiger partial charge in [0.05, 0.1) is 0 Å². The number of fused-ring (bicyclic) bond motifs is 1. The Labute approximate surface area is 129 Å². The van der Waals surface area contributed by atoms with Crippen LogP contribution in [0.15, 0.2) is 53.6 Å². The Kier molecular flexibility index (Phi) is 3.87. The van der Waals surface area contributed by atoms with E-state index in [0.29, 0.717) is 5.56 Å². The van der Waals surface area contributed by atoms with Crippen molar-refractivity contribution in [3.63, 3.8) is 0 Å². The van der Waals surface area contributed by atoms with Crippen LogP contribution in [0.4, 0.5) is 17.1 Å². The molecule has 3 rings (SSSR count). The third-order valence-corrected chi connectivity index (χ3v) is 3.78. The van der Waals surface area contributed by atoms with Gasteiger partial charge in [0, 0.05) is 34.8 Å².